The molecule has 0 saturated carbocycles. The summed E-state index contributed by atoms with van der Waals surface area (Å²) in [5.41, 5.74) is 1.37. The van der Waals surface area contributed by atoms with Gasteiger partial charge in [0.05, 0.1) is 32.8 Å². The highest BCUT2D eigenvalue weighted by Gasteiger charge is 2.33. The van der Waals surface area contributed by atoms with Crippen molar-refractivity contribution in [3.63, 3.8) is 0 Å². The van der Waals surface area contributed by atoms with E-state index < -0.39 is 11.9 Å². The van der Waals surface area contributed by atoms with Crippen LogP contribution in [0.2, 0.25) is 0 Å². The van der Waals surface area contributed by atoms with Gasteiger partial charge in [-0.2, -0.15) is 0 Å². The number of methoxy groups -OCH3 is 1. The lowest BCUT2D eigenvalue weighted by Crippen LogP contribution is -2.56. The Labute approximate surface area is 149 Å². The maximum Gasteiger partial charge on any atom is 0.409 e. The number of amides is 1. The van der Waals surface area contributed by atoms with Crippen molar-refractivity contribution in [2.24, 2.45) is 0 Å². The summed E-state index contributed by atoms with van der Waals surface area (Å²) in [5.74, 6) is -0.169. The Morgan fingerprint density at radius 3 is 2.73 bits per heavy atom. The van der Waals surface area contributed by atoms with Crippen LogP contribution in [0.1, 0.15) is 21.9 Å². The van der Waals surface area contributed by atoms with Crippen LogP contribution in [0, 0.1) is 12.7 Å². The number of likely N-dealkylation sites (tertiary alicyclic amines) is 1. The van der Waals surface area contributed by atoms with Crippen LogP contribution in [0.4, 0.5) is 9.18 Å². The van der Waals surface area contributed by atoms with Gasteiger partial charge in [0.15, 0.2) is 5.78 Å². The van der Waals surface area contributed by atoms with Crippen LogP contribution in [-0.2, 0) is 11.2 Å². The van der Waals surface area contributed by atoms with E-state index in [-0.39, 0.29) is 24.0 Å². The number of Topliss-reactive ketones (excluding diaryl/α,β-unsaturated/α-hetero) is 1. The van der Waals surface area contributed by atoms with E-state index in [1.807, 2.05) is 0 Å². The van der Waals surface area contributed by atoms with E-state index in [2.05, 4.69) is 14.7 Å². The molecule has 1 aliphatic heterocycles. The van der Waals surface area contributed by atoms with Gasteiger partial charge < -0.3 is 14.4 Å². The Morgan fingerprint density at radius 1 is 1.31 bits per heavy atom. The summed E-state index contributed by atoms with van der Waals surface area (Å²) in [6, 6.07) is 6.03. The zero-order valence-electron chi connectivity index (χ0n) is 14.4. The third-order valence-corrected chi connectivity index (χ3v) is 3.93. The predicted octanol–water partition coefficient (Wildman–Crippen LogP) is 2.18. The van der Waals surface area contributed by atoms with Gasteiger partial charge in [0.2, 0.25) is 0 Å². The molecule has 1 amide bonds. The molecule has 0 N–H and O–H groups in total. The summed E-state index contributed by atoms with van der Waals surface area (Å²) >= 11 is 0. The first-order valence-corrected chi connectivity index (χ1v) is 8.06. The molecule has 3 heterocycles. The smallest absolute Gasteiger partial charge is 0.409 e. The SMILES string of the molecule is COC(=O)N1CC(Oc2cc(C)nc(C(=O)Cc3ccc(F)cn3)c2)C1. The third-order valence-electron chi connectivity index (χ3n) is 3.93. The van der Waals surface area contributed by atoms with Crippen molar-refractivity contribution >= 4 is 11.9 Å². The van der Waals surface area contributed by atoms with Crippen LogP contribution in [0.15, 0.2) is 30.5 Å². The highest BCUT2D eigenvalue weighted by Crippen LogP contribution is 2.21. The summed E-state index contributed by atoms with van der Waals surface area (Å²) in [6.07, 6.45) is 0.552. The Balaban J connectivity index is 1.65. The Hall–Kier alpha value is -3.03. The number of pyridine rings is 2. The van der Waals surface area contributed by atoms with Crippen molar-refractivity contribution in [1.82, 2.24) is 14.9 Å². The molecule has 136 valence electrons. The largest absolute Gasteiger partial charge is 0.487 e. The minimum atomic E-state index is -0.452. The average molecular weight is 359 g/mol. The molecular formula is C18H18FN3O4. The summed E-state index contributed by atoms with van der Waals surface area (Å²) in [6.45, 7) is 2.62. The van der Waals surface area contributed by atoms with Gasteiger partial charge in [0.1, 0.15) is 23.4 Å². The fraction of sp³-hybridized carbons (Fsp3) is 0.333. The van der Waals surface area contributed by atoms with Crippen molar-refractivity contribution in [2.75, 3.05) is 20.2 Å². The number of ether oxygens (including phenoxy) is 2. The van der Waals surface area contributed by atoms with Crippen molar-refractivity contribution in [2.45, 2.75) is 19.4 Å². The Bertz CT molecular complexity index is 820. The number of aryl methyl sites for hydroxylation is 1. The van der Waals surface area contributed by atoms with Crippen LogP contribution in [-0.4, -0.2) is 53.0 Å². The van der Waals surface area contributed by atoms with Crippen LogP contribution in [0.5, 0.6) is 5.75 Å². The zero-order chi connectivity index (χ0) is 18.7. The highest BCUT2D eigenvalue weighted by molar-refractivity contribution is 5.95. The number of rotatable bonds is 5. The normalized spacial score (nSPS) is 13.9. The molecule has 0 atom stereocenters. The number of aromatic nitrogens is 2. The number of hydrogen-bond acceptors (Lipinski definition) is 6. The second kappa shape index (κ2) is 7.47. The van der Waals surface area contributed by atoms with Crippen LogP contribution in [0.25, 0.3) is 0 Å². The van der Waals surface area contributed by atoms with Crippen molar-refractivity contribution in [3.8, 4) is 5.75 Å². The number of nitrogens with zero attached hydrogens (tertiary/aromatic N) is 3. The lowest BCUT2D eigenvalue weighted by molar-refractivity contribution is 0.0182. The molecule has 2 aromatic heterocycles. The van der Waals surface area contributed by atoms with Crippen molar-refractivity contribution in [3.05, 3.63) is 53.4 Å². The molecule has 0 aromatic carbocycles. The first kappa shape index (κ1) is 17.8. The fourth-order valence-electron chi connectivity index (χ4n) is 2.60. The third kappa shape index (κ3) is 4.14. The van der Waals surface area contributed by atoms with Gasteiger partial charge >= 0.3 is 6.09 Å². The minimum absolute atomic E-state index is 0.0235. The lowest BCUT2D eigenvalue weighted by Gasteiger charge is -2.37. The first-order valence-electron chi connectivity index (χ1n) is 8.06. The minimum Gasteiger partial charge on any atom is -0.487 e. The maximum absolute atomic E-state index is 12.9. The molecule has 0 radical (unpaired) electrons. The van der Waals surface area contributed by atoms with E-state index in [9.17, 15) is 14.0 Å². The number of ketones is 1. The molecule has 8 heteroatoms. The molecule has 1 fully saturated rings. The number of halogens is 1. The van der Waals surface area contributed by atoms with Crippen molar-refractivity contribution in [1.29, 1.82) is 0 Å². The number of carbonyl (C=O) groups is 2. The van der Waals surface area contributed by atoms with Gasteiger partial charge in [-0.1, -0.05) is 0 Å². The molecule has 3 rings (SSSR count). The monoisotopic (exact) mass is 359 g/mol. The summed E-state index contributed by atoms with van der Waals surface area (Å²) in [5, 5.41) is 0. The molecule has 2 aromatic rings. The fourth-order valence-corrected chi connectivity index (χ4v) is 2.60. The van der Waals surface area contributed by atoms with E-state index in [1.54, 1.807) is 19.1 Å². The van der Waals surface area contributed by atoms with E-state index >= 15 is 0 Å². The Kier molecular flexibility index (Phi) is 5.11. The molecular weight excluding hydrogens is 341 g/mol. The summed E-state index contributed by atoms with van der Waals surface area (Å²) in [7, 11) is 1.33. The molecule has 1 saturated heterocycles. The van der Waals surface area contributed by atoms with E-state index in [4.69, 9.17) is 4.74 Å². The predicted molar refractivity (Wildman–Crippen MR) is 89.6 cm³/mol. The van der Waals surface area contributed by atoms with E-state index in [0.717, 1.165) is 6.20 Å². The summed E-state index contributed by atoms with van der Waals surface area (Å²) in [4.78, 5) is 33.4. The zero-order valence-corrected chi connectivity index (χ0v) is 14.4. The molecule has 7 nitrogen and oxygen atoms in total. The second-order valence-corrected chi connectivity index (χ2v) is 6.01. The van der Waals surface area contributed by atoms with Gasteiger partial charge in [-0.25, -0.2) is 14.2 Å². The number of carbonyl (C=O) groups excluding carboxylic acids is 2. The molecule has 0 bridgehead atoms. The lowest BCUT2D eigenvalue weighted by atomic mass is 10.1. The van der Waals surface area contributed by atoms with Crippen molar-refractivity contribution < 1.29 is 23.5 Å². The van der Waals surface area contributed by atoms with E-state index in [1.165, 1.54) is 24.1 Å². The van der Waals surface area contributed by atoms with Crippen LogP contribution in [0.3, 0.4) is 0 Å². The molecule has 26 heavy (non-hydrogen) atoms. The maximum atomic E-state index is 12.9. The topological polar surface area (TPSA) is 81.6 Å². The van der Waals surface area contributed by atoms with Gasteiger partial charge in [0.25, 0.3) is 0 Å². The van der Waals surface area contributed by atoms with Gasteiger partial charge in [-0.15, -0.1) is 0 Å². The second-order valence-electron chi connectivity index (χ2n) is 6.01. The quantitative estimate of drug-likeness (QED) is 0.761. The van der Waals surface area contributed by atoms with Gasteiger partial charge in [0, 0.05) is 23.5 Å². The molecule has 1 aliphatic rings. The summed E-state index contributed by atoms with van der Waals surface area (Å²) < 4.78 is 23.3. The molecule has 0 spiro atoms. The van der Waals surface area contributed by atoms with Crippen LogP contribution >= 0.6 is 0 Å². The molecule has 0 aliphatic carbocycles. The Morgan fingerprint density at radius 2 is 2.08 bits per heavy atom. The van der Waals surface area contributed by atoms with E-state index in [0.29, 0.717) is 30.2 Å². The van der Waals surface area contributed by atoms with Gasteiger partial charge in [-0.05, 0) is 19.1 Å². The first-order chi connectivity index (χ1) is 12.4. The number of hydrogen-bond donors (Lipinski definition) is 0. The molecule has 0 unspecified atom stereocenters. The average Bonchev–Trinajstić information content (AvgIpc) is 2.58. The highest BCUT2D eigenvalue weighted by atomic mass is 19.1. The van der Waals surface area contributed by atoms with Gasteiger partial charge in [-0.3, -0.25) is 9.78 Å². The standard InChI is InChI=1S/C18H18FN3O4/c1-11-5-14(26-15-9-22(10-15)18(24)25-2)7-16(21-11)17(23)6-13-4-3-12(19)8-20-13/h3-5,7-8,15H,6,9-10H2,1-2H3. The van der Waals surface area contributed by atoms with Crippen LogP contribution < -0.4 is 4.74 Å².